The number of aromatic nitrogens is 1. The van der Waals surface area contributed by atoms with E-state index in [1.807, 2.05) is 10.8 Å². The maximum atomic E-state index is 11.0. The lowest BCUT2D eigenvalue weighted by Gasteiger charge is -2.04. The fraction of sp³-hybridized carbons (Fsp3) is 0.583. The second-order valence-electron chi connectivity index (χ2n) is 4.17. The van der Waals surface area contributed by atoms with Crippen LogP contribution >= 0.6 is 0 Å². The highest BCUT2D eigenvalue weighted by atomic mass is 16.4. The highest BCUT2D eigenvalue weighted by Gasteiger charge is 2.13. The number of hydrogen-bond acceptors (Lipinski definition) is 1. The number of carboxylic acid groups (broad SMARTS) is 1. The Balaban J connectivity index is 2.95. The van der Waals surface area contributed by atoms with Gasteiger partial charge < -0.3 is 9.67 Å². The molecule has 0 spiro atoms. The highest BCUT2D eigenvalue weighted by molar-refractivity contribution is 5.86. The van der Waals surface area contributed by atoms with Crippen molar-refractivity contribution in [3.8, 4) is 0 Å². The molecule has 1 rings (SSSR count). The van der Waals surface area contributed by atoms with Crippen LogP contribution in [-0.4, -0.2) is 15.6 Å². The monoisotopic (exact) mass is 209 g/mol. The van der Waals surface area contributed by atoms with E-state index in [0.717, 1.165) is 24.9 Å². The van der Waals surface area contributed by atoms with E-state index < -0.39 is 5.97 Å². The molecule has 0 amide bonds. The standard InChI is InChI=1S/C12H19NO2/c1-4-5-6-13-8-10(9(2)3)7-11(13)12(14)15/h7-9H,4-6H2,1-3H3,(H,14,15). The van der Waals surface area contributed by atoms with Crippen LogP contribution in [0.15, 0.2) is 12.3 Å². The second-order valence-corrected chi connectivity index (χ2v) is 4.17. The quantitative estimate of drug-likeness (QED) is 0.809. The molecule has 0 saturated carbocycles. The average molecular weight is 209 g/mol. The number of carbonyl (C=O) groups is 1. The third kappa shape index (κ3) is 2.85. The van der Waals surface area contributed by atoms with Crippen LogP contribution in [0.1, 0.15) is 55.6 Å². The van der Waals surface area contributed by atoms with Gasteiger partial charge in [0.05, 0.1) is 0 Å². The summed E-state index contributed by atoms with van der Waals surface area (Å²) in [7, 11) is 0. The molecule has 1 aromatic heterocycles. The number of aryl methyl sites for hydroxylation is 1. The smallest absolute Gasteiger partial charge is 0.352 e. The molecule has 3 nitrogen and oxygen atoms in total. The van der Waals surface area contributed by atoms with Crippen molar-refractivity contribution in [2.24, 2.45) is 0 Å². The summed E-state index contributed by atoms with van der Waals surface area (Å²) < 4.78 is 1.85. The fourth-order valence-corrected chi connectivity index (χ4v) is 1.54. The lowest BCUT2D eigenvalue weighted by Crippen LogP contribution is -2.07. The molecule has 0 fully saturated rings. The van der Waals surface area contributed by atoms with Gasteiger partial charge in [-0.3, -0.25) is 0 Å². The van der Waals surface area contributed by atoms with Crippen LogP contribution in [0.5, 0.6) is 0 Å². The summed E-state index contributed by atoms with van der Waals surface area (Å²) in [6, 6.07) is 1.78. The van der Waals surface area contributed by atoms with Crippen LogP contribution in [-0.2, 0) is 6.54 Å². The third-order valence-electron chi connectivity index (χ3n) is 2.56. The van der Waals surface area contributed by atoms with E-state index in [9.17, 15) is 4.79 Å². The lowest BCUT2D eigenvalue weighted by atomic mass is 10.1. The molecule has 1 N–H and O–H groups in total. The Labute approximate surface area is 90.7 Å². The molecule has 0 aliphatic rings. The maximum Gasteiger partial charge on any atom is 0.352 e. The Kier molecular flexibility index (Phi) is 3.95. The van der Waals surface area contributed by atoms with E-state index in [4.69, 9.17) is 5.11 Å². The van der Waals surface area contributed by atoms with Crippen LogP contribution in [0, 0.1) is 0 Å². The number of nitrogens with zero attached hydrogens (tertiary/aromatic N) is 1. The van der Waals surface area contributed by atoms with Crippen molar-refractivity contribution in [3.05, 3.63) is 23.5 Å². The SMILES string of the molecule is CCCCn1cc(C(C)C)cc1C(=O)O. The van der Waals surface area contributed by atoms with E-state index in [1.54, 1.807) is 6.07 Å². The first-order valence-corrected chi connectivity index (χ1v) is 5.49. The van der Waals surface area contributed by atoms with Gasteiger partial charge in [-0.2, -0.15) is 0 Å². The van der Waals surface area contributed by atoms with Crippen molar-refractivity contribution < 1.29 is 9.90 Å². The third-order valence-corrected chi connectivity index (χ3v) is 2.56. The summed E-state index contributed by atoms with van der Waals surface area (Å²) in [6.07, 6.45) is 4.06. The first-order chi connectivity index (χ1) is 7.06. The predicted molar refractivity (Wildman–Crippen MR) is 60.4 cm³/mol. The molecule has 84 valence electrons. The van der Waals surface area contributed by atoms with Gasteiger partial charge >= 0.3 is 5.97 Å². The van der Waals surface area contributed by atoms with Crippen molar-refractivity contribution in [2.75, 3.05) is 0 Å². The molecule has 0 aromatic carbocycles. The van der Waals surface area contributed by atoms with Gasteiger partial charge in [0.1, 0.15) is 5.69 Å². The Morgan fingerprint density at radius 1 is 1.53 bits per heavy atom. The van der Waals surface area contributed by atoms with Crippen LogP contribution in [0.25, 0.3) is 0 Å². The number of unbranched alkanes of at least 4 members (excludes halogenated alkanes) is 1. The van der Waals surface area contributed by atoms with E-state index in [0.29, 0.717) is 11.6 Å². The van der Waals surface area contributed by atoms with Crippen molar-refractivity contribution in [3.63, 3.8) is 0 Å². The first-order valence-electron chi connectivity index (χ1n) is 5.49. The minimum absolute atomic E-state index is 0.381. The molecule has 0 radical (unpaired) electrons. The first kappa shape index (κ1) is 11.8. The normalized spacial score (nSPS) is 10.9. The van der Waals surface area contributed by atoms with Gasteiger partial charge in [0.15, 0.2) is 0 Å². The average Bonchev–Trinajstić information content (AvgIpc) is 2.58. The topological polar surface area (TPSA) is 42.2 Å². The predicted octanol–water partition coefficient (Wildman–Crippen LogP) is 3.11. The van der Waals surface area contributed by atoms with Gasteiger partial charge in [-0.1, -0.05) is 27.2 Å². The maximum absolute atomic E-state index is 11.0. The molecule has 1 aromatic rings. The van der Waals surface area contributed by atoms with Crippen molar-refractivity contribution in [1.82, 2.24) is 4.57 Å². The number of aromatic carboxylic acids is 1. The van der Waals surface area contributed by atoms with E-state index in [2.05, 4.69) is 20.8 Å². The van der Waals surface area contributed by atoms with Gasteiger partial charge in [-0.25, -0.2) is 4.79 Å². The summed E-state index contributed by atoms with van der Waals surface area (Å²) in [4.78, 5) is 11.0. The minimum Gasteiger partial charge on any atom is -0.477 e. The van der Waals surface area contributed by atoms with Gasteiger partial charge in [-0.15, -0.1) is 0 Å². The van der Waals surface area contributed by atoms with Gasteiger partial charge in [0, 0.05) is 12.7 Å². The van der Waals surface area contributed by atoms with E-state index in [-0.39, 0.29) is 0 Å². The van der Waals surface area contributed by atoms with Crippen LogP contribution < -0.4 is 0 Å². The summed E-state index contributed by atoms with van der Waals surface area (Å²) in [5.74, 6) is -0.455. The summed E-state index contributed by atoms with van der Waals surface area (Å²) in [5, 5.41) is 9.04. The molecule has 15 heavy (non-hydrogen) atoms. The minimum atomic E-state index is -0.835. The van der Waals surface area contributed by atoms with E-state index in [1.165, 1.54) is 0 Å². The zero-order chi connectivity index (χ0) is 11.4. The molecule has 0 aliphatic heterocycles. The van der Waals surface area contributed by atoms with Gasteiger partial charge in [0.25, 0.3) is 0 Å². The van der Waals surface area contributed by atoms with Crippen LogP contribution in [0.2, 0.25) is 0 Å². The summed E-state index contributed by atoms with van der Waals surface area (Å²) >= 11 is 0. The number of rotatable bonds is 5. The molecule has 0 unspecified atom stereocenters. The Morgan fingerprint density at radius 2 is 2.20 bits per heavy atom. The van der Waals surface area contributed by atoms with Gasteiger partial charge in [-0.05, 0) is 24.0 Å². The van der Waals surface area contributed by atoms with Crippen LogP contribution in [0.3, 0.4) is 0 Å². The molecule has 0 saturated heterocycles. The van der Waals surface area contributed by atoms with Crippen LogP contribution in [0.4, 0.5) is 0 Å². The fourth-order valence-electron chi connectivity index (χ4n) is 1.54. The molecule has 0 bridgehead atoms. The zero-order valence-corrected chi connectivity index (χ0v) is 9.66. The summed E-state index contributed by atoms with van der Waals surface area (Å²) in [6.45, 7) is 7.05. The Bertz CT molecular complexity index is 339. The lowest BCUT2D eigenvalue weighted by molar-refractivity contribution is 0.0685. The molecule has 0 aliphatic carbocycles. The molecule has 0 atom stereocenters. The van der Waals surface area contributed by atoms with Gasteiger partial charge in [0.2, 0.25) is 0 Å². The second kappa shape index (κ2) is 5.01. The summed E-state index contributed by atoms with van der Waals surface area (Å²) in [5.41, 5.74) is 1.51. The zero-order valence-electron chi connectivity index (χ0n) is 9.66. The van der Waals surface area contributed by atoms with Crippen molar-refractivity contribution >= 4 is 5.97 Å². The number of hydrogen-bond donors (Lipinski definition) is 1. The number of carboxylic acids is 1. The Hall–Kier alpha value is -1.25. The largest absolute Gasteiger partial charge is 0.477 e. The highest BCUT2D eigenvalue weighted by Crippen LogP contribution is 2.18. The Morgan fingerprint density at radius 3 is 2.67 bits per heavy atom. The molecule has 1 heterocycles. The molecular formula is C12H19NO2. The molecular weight excluding hydrogens is 190 g/mol. The molecule has 3 heteroatoms. The van der Waals surface area contributed by atoms with Crippen molar-refractivity contribution in [2.45, 2.75) is 46.1 Å². The van der Waals surface area contributed by atoms with E-state index >= 15 is 0 Å². The van der Waals surface area contributed by atoms with Crippen molar-refractivity contribution in [1.29, 1.82) is 0 Å².